The second-order valence-electron chi connectivity index (χ2n) is 6.46. The highest BCUT2D eigenvalue weighted by atomic mass is 35.5. The molecule has 1 heterocycles. The summed E-state index contributed by atoms with van der Waals surface area (Å²) in [6.45, 7) is 1.75. The van der Waals surface area contributed by atoms with Crippen molar-refractivity contribution in [1.29, 1.82) is 0 Å². The summed E-state index contributed by atoms with van der Waals surface area (Å²) < 4.78 is 11.4. The van der Waals surface area contributed by atoms with Crippen molar-refractivity contribution >= 4 is 45.9 Å². The van der Waals surface area contributed by atoms with E-state index in [0.29, 0.717) is 38.5 Å². The van der Waals surface area contributed by atoms with Gasteiger partial charge in [0.25, 0.3) is 5.91 Å². The normalized spacial score (nSPS) is 10.9. The minimum absolute atomic E-state index is 0.117. The van der Waals surface area contributed by atoms with Crippen LogP contribution >= 0.6 is 23.2 Å². The van der Waals surface area contributed by atoms with E-state index in [1.807, 2.05) is 19.1 Å². The van der Waals surface area contributed by atoms with Gasteiger partial charge in [-0.3, -0.25) is 4.79 Å². The lowest BCUT2D eigenvalue weighted by Gasteiger charge is -2.10. The largest absolute Gasteiger partial charge is 0.483 e. The molecule has 0 bridgehead atoms. The first-order valence-electron chi connectivity index (χ1n) is 8.83. The Morgan fingerprint density at radius 1 is 1.07 bits per heavy atom. The molecule has 29 heavy (non-hydrogen) atoms. The van der Waals surface area contributed by atoms with E-state index < -0.39 is 0 Å². The third kappa shape index (κ3) is 4.53. The topological polar surface area (TPSA) is 64.4 Å². The zero-order valence-corrected chi connectivity index (χ0v) is 16.9. The Labute approximate surface area is 177 Å². The monoisotopic (exact) mass is 426 g/mol. The Morgan fingerprint density at radius 2 is 1.86 bits per heavy atom. The van der Waals surface area contributed by atoms with Crippen LogP contribution in [0.4, 0.5) is 5.69 Å². The number of hydrogen-bond acceptors (Lipinski definition) is 4. The van der Waals surface area contributed by atoms with E-state index in [1.54, 1.807) is 48.5 Å². The molecule has 0 aliphatic heterocycles. The fourth-order valence-corrected chi connectivity index (χ4v) is 3.26. The predicted octanol–water partition coefficient (Wildman–Crippen LogP) is 6.13. The van der Waals surface area contributed by atoms with Crippen LogP contribution in [0.1, 0.15) is 5.56 Å². The standard InChI is InChI=1S/C22H16Cl2N2O3/c1-13-9-15(23)5-7-19(13)28-12-21(27)25-17-4-2-3-14(10-17)22-26-18-11-16(24)6-8-20(18)29-22/h2-11H,12H2,1H3,(H,25,27). The number of oxazole rings is 1. The summed E-state index contributed by atoms with van der Waals surface area (Å²) in [6.07, 6.45) is 0. The Kier molecular flexibility index (Phi) is 5.43. The van der Waals surface area contributed by atoms with Crippen LogP contribution in [0.2, 0.25) is 10.0 Å². The maximum Gasteiger partial charge on any atom is 0.262 e. The van der Waals surface area contributed by atoms with E-state index in [-0.39, 0.29) is 12.5 Å². The molecule has 0 saturated heterocycles. The number of aryl methyl sites for hydroxylation is 1. The van der Waals surface area contributed by atoms with Gasteiger partial charge in [-0.15, -0.1) is 0 Å². The Balaban J connectivity index is 1.46. The summed E-state index contributed by atoms with van der Waals surface area (Å²) in [7, 11) is 0. The van der Waals surface area contributed by atoms with Crippen LogP contribution < -0.4 is 10.1 Å². The number of ether oxygens (including phenoxy) is 1. The fourth-order valence-electron chi connectivity index (χ4n) is 2.87. The molecule has 3 aromatic carbocycles. The minimum Gasteiger partial charge on any atom is -0.483 e. The lowest BCUT2D eigenvalue weighted by molar-refractivity contribution is -0.118. The Hall–Kier alpha value is -3.02. The molecule has 0 atom stereocenters. The molecule has 5 nitrogen and oxygen atoms in total. The first-order valence-corrected chi connectivity index (χ1v) is 9.59. The first kappa shape index (κ1) is 19.3. The first-order chi connectivity index (χ1) is 14.0. The van der Waals surface area contributed by atoms with Gasteiger partial charge in [-0.25, -0.2) is 4.98 Å². The molecule has 146 valence electrons. The molecule has 1 aromatic heterocycles. The highest BCUT2D eigenvalue weighted by molar-refractivity contribution is 6.31. The smallest absolute Gasteiger partial charge is 0.262 e. The van der Waals surface area contributed by atoms with Crippen molar-refractivity contribution in [2.75, 3.05) is 11.9 Å². The van der Waals surface area contributed by atoms with Crippen LogP contribution in [0.15, 0.2) is 65.1 Å². The fraction of sp³-hybridized carbons (Fsp3) is 0.0909. The molecule has 0 fully saturated rings. The van der Waals surface area contributed by atoms with Crippen molar-refractivity contribution in [3.8, 4) is 17.2 Å². The quantitative estimate of drug-likeness (QED) is 0.416. The van der Waals surface area contributed by atoms with Crippen molar-refractivity contribution in [2.45, 2.75) is 6.92 Å². The third-order valence-corrected chi connectivity index (χ3v) is 4.71. The lowest BCUT2D eigenvalue weighted by atomic mass is 10.2. The molecule has 0 aliphatic rings. The van der Waals surface area contributed by atoms with E-state index in [2.05, 4.69) is 10.3 Å². The van der Waals surface area contributed by atoms with E-state index >= 15 is 0 Å². The summed E-state index contributed by atoms with van der Waals surface area (Å²) >= 11 is 11.9. The zero-order chi connectivity index (χ0) is 20.4. The molecule has 1 N–H and O–H groups in total. The Morgan fingerprint density at radius 3 is 2.69 bits per heavy atom. The molecular formula is C22H16Cl2N2O3. The van der Waals surface area contributed by atoms with Crippen LogP contribution in [-0.2, 0) is 4.79 Å². The molecule has 0 aliphatic carbocycles. The van der Waals surface area contributed by atoms with Gasteiger partial charge in [-0.2, -0.15) is 0 Å². The van der Waals surface area contributed by atoms with E-state index in [9.17, 15) is 4.79 Å². The van der Waals surface area contributed by atoms with Crippen LogP contribution in [0.25, 0.3) is 22.6 Å². The molecule has 7 heteroatoms. The molecule has 4 aromatic rings. The number of amides is 1. The summed E-state index contributed by atoms with van der Waals surface area (Å²) in [5.74, 6) is 0.788. The number of aromatic nitrogens is 1. The average Bonchev–Trinajstić information content (AvgIpc) is 3.11. The molecule has 0 saturated carbocycles. The van der Waals surface area contributed by atoms with Gasteiger partial charge in [0, 0.05) is 21.3 Å². The number of nitrogens with one attached hydrogen (secondary N) is 1. The van der Waals surface area contributed by atoms with Crippen molar-refractivity contribution in [3.63, 3.8) is 0 Å². The van der Waals surface area contributed by atoms with Gasteiger partial charge in [0.1, 0.15) is 11.3 Å². The van der Waals surface area contributed by atoms with Gasteiger partial charge >= 0.3 is 0 Å². The lowest BCUT2D eigenvalue weighted by Crippen LogP contribution is -2.20. The predicted molar refractivity (Wildman–Crippen MR) is 115 cm³/mol. The molecular weight excluding hydrogens is 411 g/mol. The van der Waals surface area contributed by atoms with Crippen LogP contribution in [0, 0.1) is 6.92 Å². The number of halogens is 2. The van der Waals surface area contributed by atoms with Gasteiger partial charge in [0.2, 0.25) is 5.89 Å². The maximum atomic E-state index is 12.3. The average molecular weight is 427 g/mol. The highest BCUT2D eigenvalue weighted by Crippen LogP contribution is 2.28. The van der Waals surface area contributed by atoms with Gasteiger partial charge < -0.3 is 14.5 Å². The van der Waals surface area contributed by atoms with Gasteiger partial charge in [0.05, 0.1) is 0 Å². The summed E-state index contributed by atoms with van der Waals surface area (Å²) in [6, 6.07) is 17.8. The van der Waals surface area contributed by atoms with E-state index in [4.69, 9.17) is 32.4 Å². The minimum atomic E-state index is -0.277. The molecule has 4 rings (SSSR count). The van der Waals surface area contributed by atoms with Gasteiger partial charge in [0.15, 0.2) is 12.2 Å². The molecule has 0 spiro atoms. The number of carbonyl (C=O) groups is 1. The number of fused-ring (bicyclic) bond motifs is 1. The molecule has 1 amide bonds. The van der Waals surface area contributed by atoms with Crippen LogP contribution in [-0.4, -0.2) is 17.5 Å². The second kappa shape index (κ2) is 8.15. The Bertz CT molecular complexity index is 1200. The number of rotatable bonds is 5. The van der Waals surface area contributed by atoms with Crippen molar-refractivity contribution in [3.05, 3.63) is 76.3 Å². The zero-order valence-electron chi connectivity index (χ0n) is 15.4. The van der Waals surface area contributed by atoms with Crippen molar-refractivity contribution in [1.82, 2.24) is 4.98 Å². The maximum absolute atomic E-state index is 12.3. The SMILES string of the molecule is Cc1cc(Cl)ccc1OCC(=O)Nc1cccc(-c2nc3cc(Cl)ccc3o2)c1. The summed E-state index contributed by atoms with van der Waals surface area (Å²) in [5, 5.41) is 4.03. The summed E-state index contributed by atoms with van der Waals surface area (Å²) in [5.41, 5.74) is 3.54. The molecule has 0 radical (unpaired) electrons. The summed E-state index contributed by atoms with van der Waals surface area (Å²) in [4.78, 5) is 16.7. The third-order valence-electron chi connectivity index (χ3n) is 4.24. The van der Waals surface area contributed by atoms with Crippen molar-refractivity contribution in [2.24, 2.45) is 0 Å². The number of hydrogen-bond donors (Lipinski definition) is 1. The van der Waals surface area contributed by atoms with Crippen LogP contribution in [0.3, 0.4) is 0 Å². The number of nitrogens with zero attached hydrogens (tertiary/aromatic N) is 1. The van der Waals surface area contributed by atoms with Crippen LogP contribution in [0.5, 0.6) is 5.75 Å². The number of benzene rings is 3. The molecule has 0 unspecified atom stereocenters. The second-order valence-corrected chi connectivity index (χ2v) is 7.33. The number of carbonyl (C=O) groups excluding carboxylic acids is 1. The highest BCUT2D eigenvalue weighted by Gasteiger charge is 2.11. The van der Waals surface area contributed by atoms with E-state index in [0.717, 1.165) is 11.1 Å². The number of anilines is 1. The van der Waals surface area contributed by atoms with Crippen molar-refractivity contribution < 1.29 is 13.9 Å². The van der Waals surface area contributed by atoms with Gasteiger partial charge in [-0.1, -0.05) is 29.3 Å². The van der Waals surface area contributed by atoms with E-state index in [1.165, 1.54) is 0 Å². The van der Waals surface area contributed by atoms with Gasteiger partial charge in [-0.05, 0) is 67.1 Å².